The maximum absolute atomic E-state index is 11.4. The first-order valence-corrected chi connectivity index (χ1v) is 6.04. The van der Waals surface area contributed by atoms with Crippen LogP contribution in [0.3, 0.4) is 0 Å². The second-order valence-corrected chi connectivity index (χ2v) is 4.67. The van der Waals surface area contributed by atoms with Gasteiger partial charge in [0.05, 0.1) is 5.92 Å². The molecule has 1 saturated carbocycles. The lowest BCUT2D eigenvalue weighted by Crippen LogP contribution is -2.38. The van der Waals surface area contributed by atoms with Crippen LogP contribution in [-0.4, -0.2) is 23.4 Å². The standard InChI is InChI=1S/C12H21NO3/c1-2-3-8-4-5-9(14)6-10(8)11(7-13)12(15)16/h8,10-11H,2-7,13H2,1H3,(H,15,16). The fraction of sp³-hybridized carbons (Fsp3) is 0.833. The summed E-state index contributed by atoms with van der Waals surface area (Å²) in [5.41, 5.74) is 5.52. The number of carboxylic acids is 1. The Kier molecular flexibility index (Phi) is 4.93. The number of ketones is 1. The molecular weight excluding hydrogens is 206 g/mol. The van der Waals surface area contributed by atoms with E-state index in [9.17, 15) is 9.59 Å². The Morgan fingerprint density at radius 1 is 1.62 bits per heavy atom. The van der Waals surface area contributed by atoms with E-state index in [2.05, 4.69) is 6.92 Å². The summed E-state index contributed by atoms with van der Waals surface area (Å²) in [5.74, 6) is -0.919. The van der Waals surface area contributed by atoms with Crippen molar-refractivity contribution in [1.29, 1.82) is 0 Å². The second-order valence-electron chi connectivity index (χ2n) is 4.67. The van der Waals surface area contributed by atoms with Gasteiger partial charge in [-0.25, -0.2) is 0 Å². The van der Waals surface area contributed by atoms with Gasteiger partial charge in [0.25, 0.3) is 0 Å². The molecule has 0 heterocycles. The lowest BCUT2D eigenvalue weighted by molar-refractivity contribution is -0.145. The highest BCUT2D eigenvalue weighted by molar-refractivity contribution is 5.81. The fourth-order valence-electron chi connectivity index (χ4n) is 2.75. The second kappa shape index (κ2) is 5.99. The molecule has 16 heavy (non-hydrogen) atoms. The van der Waals surface area contributed by atoms with E-state index in [1.807, 2.05) is 0 Å². The number of carbonyl (C=O) groups excluding carboxylic acids is 1. The summed E-state index contributed by atoms with van der Waals surface area (Å²) in [5, 5.41) is 9.11. The first kappa shape index (κ1) is 13.2. The maximum Gasteiger partial charge on any atom is 0.308 e. The molecule has 1 fully saturated rings. The predicted octanol–water partition coefficient (Wildman–Crippen LogP) is 1.43. The zero-order valence-electron chi connectivity index (χ0n) is 9.82. The molecule has 0 amide bonds. The van der Waals surface area contributed by atoms with Crippen molar-refractivity contribution in [2.24, 2.45) is 23.5 Å². The van der Waals surface area contributed by atoms with Gasteiger partial charge < -0.3 is 10.8 Å². The van der Waals surface area contributed by atoms with E-state index in [0.29, 0.717) is 18.8 Å². The van der Waals surface area contributed by atoms with Gasteiger partial charge in [-0.1, -0.05) is 19.8 Å². The number of carboxylic acid groups (broad SMARTS) is 1. The third-order valence-electron chi connectivity index (χ3n) is 3.61. The Morgan fingerprint density at radius 2 is 2.31 bits per heavy atom. The van der Waals surface area contributed by atoms with Crippen LogP contribution in [0.1, 0.15) is 39.0 Å². The van der Waals surface area contributed by atoms with Crippen molar-refractivity contribution in [3.63, 3.8) is 0 Å². The van der Waals surface area contributed by atoms with Crippen molar-refractivity contribution in [2.75, 3.05) is 6.54 Å². The third kappa shape index (κ3) is 3.04. The smallest absolute Gasteiger partial charge is 0.308 e. The number of nitrogens with two attached hydrogens (primary N) is 1. The van der Waals surface area contributed by atoms with Crippen molar-refractivity contribution in [3.8, 4) is 0 Å². The van der Waals surface area contributed by atoms with Crippen molar-refractivity contribution < 1.29 is 14.7 Å². The molecular formula is C12H21NO3. The maximum atomic E-state index is 11.4. The molecule has 0 aromatic rings. The van der Waals surface area contributed by atoms with Gasteiger partial charge in [0.2, 0.25) is 0 Å². The lowest BCUT2D eigenvalue weighted by atomic mass is 9.70. The topological polar surface area (TPSA) is 80.4 Å². The summed E-state index contributed by atoms with van der Waals surface area (Å²) in [7, 11) is 0. The molecule has 1 aliphatic carbocycles. The molecule has 1 aliphatic rings. The molecule has 0 aromatic carbocycles. The number of Topliss-reactive ketones (excluding diaryl/α,β-unsaturated/α-hetero) is 1. The Morgan fingerprint density at radius 3 is 2.81 bits per heavy atom. The van der Waals surface area contributed by atoms with Crippen LogP contribution in [0.2, 0.25) is 0 Å². The SMILES string of the molecule is CCCC1CCC(=O)CC1C(CN)C(=O)O. The summed E-state index contributed by atoms with van der Waals surface area (Å²) >= 11 is 0. The average molecular weight is 227 g/mol. The first-order chi connectivity index (χ1) is 7.60. The summed E-state index contributed by atoms with van der Waals surface area (Å²) in [6.07, 6.45) is 3.88. The zero-order valence-corrected chi connectivity index (χ0v) is 9.82. The number of hydrogen-bond donors (Lipinski definition) is 2. The Hall–Kier alpha value is -0.900. The summed E-state index contributed by atoms with van der Waals surface area (Å²) in [4.78, 5) is 22.5. The highest BCUT2D eigenvalue weighted by Crippen LogP contribution is 2.36. The van der Waals surface area contributed by atoms with Crippen molar-refractivity contribution >= 4 is 11.8 Å². The van der Waals surface area contributed by atoms with Crippen LogP contribution in [0.15, 0.2) is 0 Å². The van der Waals surface area contributed by atoms with Crippen LogP contribution in [0.4, 0.5) is 0 Å². The van der Waals surface area contributed by atoms with Gasteiger partial charge in [-0.2, -0.15) is 0 Å². The van der Waals surface area contributed by atoms with E-state index in [-0.39, 0.29) is 18.2 Å². The van der Waals surface area contributed by atoms with E-state index in [4.69, 9.17) is 10.8 Å². The lowest BCUT2D eigenvalue weighted by Gasteiger charge is -2.34. The average Bonchev–Trinajstić information content (AvgIpc) is 2.22. The van der Waals surface area contributed by atoms with Gasteiger partial charge in [-0.3, -0.25) is 9.59 Å². The van der Waals surface area contributed by atoms with Crippen molar-refractivity contribution in [3.05, 3.63) is 0 Å². The Balaban J connectivity index is 2.76. The number of carbonyl (C=O) groups is 2. The van der Waals surface area contributed by atoms with Crippen LogP contribution in [0.5, 0.6) is 0 Å². The monoisotopic (exact) mass is 227 g/mol. The summed E-state index contributed by atoms with van der Waals surface area (Å²) in [6.45, 7) is 2.22. The van der Waals surface area contributed by atoms with Crippen LogP contribution in [-0.2, 0) is 9.59 Å². The normalized spacial score (nSPS) is 27.8. The van der Waals surface area contributed by atoms with E-state index in [1.165, 1.54) is 0 Å². The first-order valence-electron chi connectivity index (χ1n) is 6.04. The van der Waals surface area contributed by atoms with Crippen molar-refractivity contribution in [2.45, 2.75) is 39.0 Å². The van der Waals surface area contributed by atoms with Gasteiger partial charge in [-0.15, -0.1) is 0 Å². The fourth-order valence-corrected chi connectivity index (χ4v) is 2.75. The molecule has 0 aromatic heterocycles. The molecule has 4 nitrogen and oxygen atoms in total. The molecule has 3 N–H and O–H groups in total. The summed E-state index contributed by atoms with van der Waals surface area (Å²) in [6, 6.07) is 0. The number of hydrogen-bond acceptors (Lipinski definition) is 3. The van der Waals surface area contributed by atoms with Crippen LogP contribution in [0.25, 0.3) is 0 Å². The molecule has 1 rings (SSSR count). The minimum absolute atomic E-state index is 0.0521. The molecule has 0 aliphatic heterocycles. The van der Waals surface area contributed by atoms with Crippen LogP contribution in [0, 0.1) is 17.8 Å². The van der Waals surface area contributed by atoms with E-state index in [1.54, 1.807) is 0 Å². The zero-order chi connectivity index (χ0) is 12.1. The summed E-state index contributed by atoms with van der Waals surface area (Å²) < 4.78 is 0. The molecule has 0 spiro atoms. The Bertz CT molecular complexity index is 265. The van der Waals surface area contributed by atoms with Gasteiger partial charge in [-0.05, 0) is 18.3 Å². The van der Waals surface area contributed by atoms with Crippen molar-refractivity contribution in [1.82, 2.24) is 0 Å². The molecule has 0 saturated heterocycles. The Labute approximate surface area is 96.2 Å². The molecule has 4 heteroatoms. The highest BCUT2D eigenvalue weighted by Gasteiger charge is 2.37. The molecule has 3 atom stereocenters. The quantitative estimate of drug-likeness (QED) is 0.744. The van der Waals surface area contributed by atoms with Crippen LogP contribution >= 0.6 is 0 Å². The number of rotatable bonds is 5. The minimum atomic E-state index is -0.858. The third-order valence-corrected chi connectivity index (χ3v) is 3.61. The molecule has 0 bridgehead atoms. The van der Waals surface area contributed by atoms with Crippen LogP contribution < -0.4 is 5.73 Å². The largest absolute Gasteiger partial charge is 0.481 e. The van der Waals surface area contributed by atoms with Gasteiger partial charge in [0, 0.05) is 19.4 Å². The number of aliphatic carboxylic acids is 1. The molecule has 92 valence electrons. The van der Waals surface area contributed by atoms with E-state index < -0.39 is 11.9 Å². The van der Waals surface area contributed by atoms with E-state index in [0.717, 1.165) is 19.3 Å². The van der Waals surface area contributed by atoms with Gasteiger partial charge in [0.15, 0.2) is 0 Å². The van der Waals surface area contributed by atoms with Gasteiger partial charge >= 0.3 is 5.97 Å². The predicted molar refractivity (Wildman–Crippen MR) is 60.9 cm³/mol. The minimum Gasteiger partial charge on any atom is -0.481 e. The molecule has 0 radical (unpaired) electrons. The highest BCUT2D eigenvalue weighted by atomic mass is 16.4. The van der Waals surface area contributed by atoms with E-state index >= 15 is 0 Å². The van der Waals surface area contributed by atoms with Gasteiger partial charge in [0.1, 0.15) is 5.78 Å². The molecule has 3 unspecified atom stereocenters.